The molecule has 2 saturated heterocycles. The molecule has 0 bridgehead atoms. The summed E-state index contributed by atoms with van der Waals surface area (Å²) in [6.45, 7) is 13.6. The molecule has 2 aliphatic heterocycles. The Hall–Kier alpha value is -2.03. The van der Waals surface area contributed by atoms with Crippen LogP contribution in [0.25, 0.3) is 0 Å². The molecule has 4 aliphatic rings. The quantitative estimate of drug-likeness (QED) is 0.222. The Morgan fingerprint density at radius 3 is 1.56 bits per heavy atom. The van der Waals surface area contributed by atoms with Gasteiger partial charge < -0.3 is 28.4 Å². The van der Waals surface area contributed by atoms with Crippen molar-refractivity contribution >= 4 is 18.0 Å². The number of ketones is 1. The minimum absolute atomic E-state index is 0.242. The molecule has 4 rings (SSSR count). The zero-order valence-corrected chi connectivity index (χ0v) is 24.3. The SMILES string of the molecule is CC(C)(C)OC(=O)NN.CC(C)(C)OC(=O)NNC1CCC2(CC1)OCCO2.O=C1CCC2(CC1)OCCO2. The van der Waals surface area contributed by atoms with Crippen LogP contribution in [0, 0.1) is 0 Å². The van der Waals surface area contributed by atoms with Crippen molar-refractivity contribution in [3.63, 3.8) is 0 Å². The van der Waals surface area contributed by atoms with Crippen molar-refractivity contribution in [3.05, 3.63) is 0 Å². The number of hydrazine groups is 2. The first kappa shape index (κ1) is 33.2. The van der Waals surface area contributed by atoms with Crippen LogP contribution < -0.4 is 22.1 Å². The molecule has 2 amide bonds. The highest BCUT2D eigenvalue weighted by atomic mass is 16.7. The maximum Gasteiger partial charge on any atom is 0.422 e. The molecule has 0 aromatic carbocycles. The molecule has 0 atom stereocenters. The summed E-state index contributed by atoms with van der Waals surface area (Å²) in [7, 11) is 0. The minimum Gasteiger partial charge on any atom is -0.443 e. The van der Waals surface area contributed by atoms with Crippen molar-refractivity contribution < 1.29 is 42.8 Å². The Labute approximate surface area is 231 Å². The van der Waals surface area contributed by atoms with Gasteiger partial charge >= 0.3 is 12.2 Å². The summed E-state index contributed by atoms with van der Waals surface area (Å²) in [6.07, 6.45) is 5.26. The van der Waals surface area contributed by atoms with Crippen LogP contribution in [0.2, 0.25) is 0 Å². The van der Waals surface area contributed by atoms with Crippen LogP contribution in [-0.4, -0.2) is 73.2 Å². The van der Waals surface area contributed by atoms with Gasteiger partial charge in [-0.2, -0.15) is 0 Å². The van der Waals surface area contributed by atoms with E-state index in [9.17, 15) is 14.4 Å². The van der Waals surface area contributed by atoms with Crippen LogP contribution in [-0.2, 0) is 33.2 Å². The standard InChI is InChI=1S/C13H24N2O4.C8H12O3.C5H12N2O2/c1-12(2,3)19-11(16)15-14-10-4-6-13(7-5-10)17-8-9-18-13;9-7-1-3-8(4-2-7)10-5-6-11-8;1-5(2,3)9-4(8)7-6/h10,14H,4-9H2,1-3H3,(H,15,16);1-6H2;6H2,1-3H3,(H,7,8). The van der Waals surface area contributed by atoms with Crippen molar-refractivity contribution in [3.8, 4) is 0 Å². The van der Waals surface area contributed by atoms with Gasteiger partial charge in [0, 0.05) is 44.6 Å². The van der Waals surface area contributed by atoms with Gasteiger partial charge in [0.15, 0.2) is 11.6 Å². The number of amides is 2. The highest BCUT2D eigenvalue weighted by molar-refractivity contribution is 5.79. The average molecular weight is 561 g/mol. The lowest BCUT2D eigenvalue weighted by atomic mass is 9.90. The van der Waals surface area contributed by atoms with Crippen LogP contribution in [0.4, 0.5) is 9.59 Å². The summed E-state index contributed by atoms with van der Waals surface area (Å²) in [6, 6.07) is 0.242. The van der Waals surface area contributed by atoms with Gasteiger partial charge in [0.05, 0.1) is 26.4 Å². The predicted molar refractivity (Wildman–Crippen MR) is 141 cm³/mol. The smallest absolute Gasteiger partial charge is 0.422 e. The normalized spacial score (nSPS) is 22.3. The molecule has 0 aromatic heterocycles. The van der Waals surface area contributed by atoms with E-state index in [0.29, 0.717) is 45.1 Å². The average Bonchev–Trinajstić information content (AvgIpc) is 3.50. The van der Waals surface area contributed by atoms with Crippen molar-refractivity contribution in [2.45, 2.75) is 122 Å². The molecule has 4 fully saturated rings. The van der Waals surface area contributed by atoms with E-state index < -0.39 is 23.4 Å². The third-order valence-corrected chi connectivity index (χ3v) is 6.24. The van der Waals surface area contributed by atoms with E-state index >= 15 is 0 Å². The van der Waals surface area contributed by atoms with Crippen LogP contribution in [0.15, 0.2) is 0 Å². The Morgan fingerprint density at radius 2 is 1.18 bits per heavy atom. The number of hydrogen-bond acceptors (Lipinski definition) is 11. The van der Waals surface area contributed by atoms with Crippen LogP contribution >= 0.6 is 0 Å². The van der Waals surface area contributed by atoms with Gasteiger partial charge in [-0.1, -0.05) is 0 Å². The minimum atomic E-state index is -0.609. The molecule has 13 heteroatoms. The summed E-state index contributed by atoms with van der Waals surface area (Å²) in [4.78, 5) is 32.8. The van der Waals surface area contributed by atoms with Crippen LogP contribution in [0.5, 0.6) is 0 Å². The molecule has 2 aliphatic carbocycles. The first-order valence-electron chi connectivity index (χ1n) is 13.7. The monoisotopic (exact) mass is 560 g/mol. The third-order valence-electron chi connectivity index (χ3n) is 6.24. The number of Topliss-reactive ketones (excluding diaryl/α,β-unsaturated/α-hetero) is 1. The van der Waals surface area contributed by atoms with E-state index in [-0.39, 0.29) is 17.6 Å². The lowest BCUT2D eigenvalue weighted by Gasteiger charge is -2.35. The van der Waals surface area contributed by atoms with Crippen molar-refractivity contribution in [2.75, 3.05) is 26.4 Å². The van der Waals surface area contributed by atoms with E-state index in [0.717, 1.165) is 38.5 Å². The zero-order valence-electron chi connectivity index (χ0n) is 24.3. The van der Waals surface area contributed by atoms with Gasteiger partial charge in [-0.15, -0.1) is 0 Å². The molecule has 226 valence electrons. The van der Waals surface area contributed by atoms with E-state index in [1.165, 1.54) is 0 Å². The highest BCUT2D eigenvalue weighted by Crippen LogP contribution is 2.36. The number of carbonyl (C=O) groups is 3. The number of hydrogen-bond donors (Lipinski definition) is 4. The fourth-order valence-electron chi connectivity index (χ4n) is 4.46. The Bertz CT molecular complexity index is 776. The highest BCUT2D eigenvalue weighted by Gasteiger charge is 2.41. The summed E-state index contributed by atoms with van der Waals surface area (Å²) in [5, 5.41) is 0. The van der Waals surface area contributed by atoms with Gasteiger partial charge in [0.1, 0.15) is 17.0 Å². The molecule has 5 N–H and O–H groups in total. The number of nitrogens with one attached hydrogen (secondary N) is 3. The Balaban J connectivity index is 0.000000226. The van der Waals surface area contributed by atoms with Crippen LogP contribution in [0.3, 0.4) is 0 Å². The van der Waals surface area contributed by atoms with Crippen LogP contribution in [0.1, 0.15) is 92.9 Å². The molecule has 2 saturated carbocycles. The largest absolute Gasteiger partial charge is 0.443 e. The molecule has 13 nitrogen and oxygen atoms in total. The summed E-state index contributed by atoms with van der Waals surface area (Å²) < 4.78 is 32.1. The molecule has 0 unspecified atom stereocenters. The van der Waals surface area contributed by atoms with Crippen molar-refractivity contribution in [2.24, 2.45) is 5.84 Å². The van der Waals surface area contributed by atoms with E-state index in [1.807, 2.05) is 26.2 Å². The van der Waals surface area contributed by atoms with Gasteiger partial charge in [-0.05, 0) is 54.4 Å². The van der Waals surface area contributed by atoms with Gasteiger partial charge in [0.2, 0.25) is 0 Å². The Morgan fingerprint density at radius 1 is 0.769 bits per heavy atom. The van der Waals surface area contributed by atoms with E-state index in [4.69, 9.17) is 34.3 Å². The number of ether oxygens (including phenoxy) is 6. The maximum atomic E-state index is 11.5. The molecular formula is C26H48N4O9. The first-order valence-corrected chi connectivity index (χ1v) is 13.7. The predicted octanol–water partition coefficient (Wildman–Crippen LogP) is 2.96. The molecular weight excluding hydrogens is 512 g/mol. The molecule has 2 spiro atoms. The van der Waals surface area contributed by atoms with Gasteiger partial charge in [-0.25, -0.2) is 20.9 Å². The summed E-state index contributed by atoms with van der Waals surface area (Å²) >= 11 is 0. The zero-order chi connectivity index (χ0) is 29.2. The summed E-state index contributed by atoms with van der Waals surface area (Å²) in [5.41, 5.74) is 6.52. The second kappa shape index (κ2) is 14.6. The lowest BCUT2D eigenvalue weighted by molar-refractivity contribution is -0.179. The van der Waals surface area contributed by atoms with Crippen molar-refractivity contribution in [1.82, 2.24) is 16.3 Å². The molecule has 2 heterocycles. The van der Waals surface area contributed by atoms with Gasteiger partial charge in [-0.3, -0.25) is 15.6 Å². The van der Waals surface area contributed by atoms with E-state index in [2.05, 4.69) is 10.9 Å². The molecule has 39 heavy (non-hydrogen) atoms. The third kappa shape index (κ3) is 12.8. The maximum absolute atomic E-state index is 11.5. The molecule has 0 radical (unpaired) electrons. The second-order valence-electron chi connectivity index (χ2n) is 11.9. The second-order valence-corrected chi connectivity index (χ2v) is 11.9. The fraction of sp³-hybridized carbons (Fsp3) is 0.885. The number of carbonyl (C=O) groups excluding carboxylic acids is 3. The number of rotatable bonds is 2. The summed E-state index contributed by atoms with van der Waals surface area (Å²) in [5.74, 6) is 4.37. The van der Waals surface area contributed by atoms with E-state index in [1.54, 1.807) is 20.8 Å². The fourth-order valence-corrected chi connectivity index (χ4v) is 4.46. The van der Waals surface area contributed by atoms with Gasteiger partial charge in [0.25, 0.3) is 0 Å². The lowest BCUT2D eigenvalue weighted by Crippen LogP contribution is -2.49. The Kier molecular flexibility index (Phi) is 12.4. The van der Waals surface area contributed by atoms with Crippen molar-refractivity contribution in [1.29, 1.82) is 0 Å². The first-order chi connectivity index (χ1) is 18.1. The number of nitrogens with two attached hydrogens (primary N) is 1. The molecule has 0 aromatic rings. The topological polar surface area (TPSA) is 169 Å².